The van der Waals surface area contributed by atoms with E-state index in [-0.39, 0.29) is 29.1 Å². The van der Waals surface area contributed by atoms with Gasteiger partial charge in [0.05, 0.1) is 36.5 Å². The first-order valence-electron chi connectivity index (χ1n) is 8.42. The monoisotopic (exact) mass is 385 g/mol. The van der Waals surface area contributed by atoms with Gasteiger partial charge in [-0.3, -0.25) is 4.79 Å². The average molecular weight is 386 g/mol. The van der Waals surface area contributed by atoms with Crippen LogP contribution in [0.5, 0.6) is 11.5 Å². The maximum atomic E-state index is 12.3. The molecule has 0 spiro atoms. The quantitative estimate of drug-likeness (QED) is 0.679. The Kier molecular flexibility index (Phi) is 5.66. The van der Waals surface area contributed by atoms with E-state index in [1.54, 1.807) is 30.1 Å². The number of aromatic hydroxyl groups is 1. The lowest BCUT2D eigenvalue weighted by atomic mass is 10.1. The van der Waals surface area contributed by atoms with E-state index in [1.807, 2.05) is 37.4 Å². The molecule has 0 radical (unpaired) electrons. The summed E-state index contributed by atoms with van der Waals surface area (Å²) in [5.74, 6) is 0.607. The van der Waals surface area contributed by atoms with Crippen LogP contribution in [0.15, 0.2) is 54.9 Å². The number of aromatic nitrogens is 2. The van der Waals surface area contributed by atoms with Crippen LogP contribution in [0.2, 0.25) is 5.02 Å². The van der Waals surface area contributed by atoms with E-state index in [0.717, 1.165) is 22.6 Å². The summed E-state index contributed by atoms with van der Waals surface area (Å²) >= 11 is 5.88. The summed E-state index contributed by atoms with van der Waals surface area (Å²) in [5.41, 5.74) is 2.49. The zero-order valence-corrected chi connectivity index (χ0v) is 15.8. The van der Waals surface area contributed by atoms with Gasteiger partial charge < -0.3 is 15.2 Å². The number of amides is 1. The predicted molar refractivity (Wildman–Crippen MR) is 103 cm³/mol. The number of hydrogen-bond acceptors (Lipinski definition) is 4. The van der Waals surface area contributed by atoms with E-state index in [2.05, 4.69) is 10.4 Å². The van der Waals surface area contributed by atoms with E-state index in [0.29, 0.717) is 0 Å². The number of nitrogens with one attached hydrogen (secondary N) is 1. The highest BCUT2D eigenvalue weighted by molar-refractivity contribution is 6.32. The van der Waals surface area contributed by atoms with Gasteiger partial charge in [0.25, 0.3) is 0 Å². The van der Waals surface area contributed by atoms with E-state index in [4.69, 9.17) is 16.3 Å². The first-order valence-corrected chi connectivity index (χ1v) is 8.80. The minimum Gasteiger partial charge on any atom is -0.506 e. The highest BCUT2D eigenvalue weighted by Crippen LogP contribution is 2.24. The lowest BCUT2D eigenvalue weighted by molar-refractivity contribution is -0.121. The predicted octanol–water partition coefficient (Wildman–Crippen LogP) is 3.66. The molecule has 1 heterocycles. The van der Waals surface area contributed by atoms with Crippen molar-refractivity contribution in [1.82, 2.24) is 15.1 Å². The normalized spacial score (nSPS) is 11.8. The Labute approximate surface area is 162 Å². The van der Waals surface area contributed by atoms with Crippen molar-refractivity contribution in [1.29, 1.82) is 0 Å². The van der Waals surface area contributed by atoms with Crippen molar-refractivity contribution in [3.8, 4) is 17.2 Å². The summed E-state index contributed by atoms with van der Waals surface area (Å²) in [6, 6.07) is 12.1. The van der Waals surface area contributed by atoms with E-state index < -0.39 is 0 Å². The molecule has 2 N–H and O–H groups in total. The molecular weight excluding hydrogens is 366 g/mol. The molecule has 0 saturated carbocycles. The van der Waals surface area contributed by atoms with Gasteiger partial charge >= 0.3 is 0 Å². The SMILES string of the molecule is COc1cccc(-n2cc(C(C)NC(=O)Cc3ccc(O)c(Cl)c3)cn2)c1. The Morgan fingerprint density at radius 1 is 1.33 bits per heavy atom. The third kappa shape index (κ3) is 4.60. The van der Waals surface area contributed by atoms with E-state index in [9.17, 15) is 9.90 Å². The van der Waals surface area contributed by atoms with Gasteiger partial charge in [-0.05, 0) is 36.8 Å². The fourth-order valence-corrected chi connectivity index (χ4v) is 2.88. The minimum atomic E-state index is -0.204. The molecule has 1 amide bonds. The maximum Gasteiger partial charge on any atom is 0.224 e. The minimum absolute atomic E-state index is 0.000788. The van der Waals surface area contributed by atoms with Crippen LogP contribution in [-0.2, 0) is 11.2 Å². The van der Waals surface area contributed by atoms with Crippen LogP contribution in [0.25, 0.3) is 5.69 Å². The molecule has 0 aliphatic carbocycles. The molecule has 0 bridgehead atoms. The molecule has 0 fully saturated rings. The maximum absolute atomic E-state index is 12.3. The Balaban J connectivity index is 1.65. The van der Waals surface area contributed by atoms with Crippen molar-refractivity contribution in [2.45, 2.75) is 19.4 Å². The Morgan fingerprint density at radius 3 is 2.89 bits per heavy atom. The number of ether oxygens (including phenoxy) is 1. The van der Waals surface area contributed by atoms with Crippen molar-refractivity contribution in [3.63, 3.8) is 0 Å². The number of phenols is 1. The molecule has 140 valence electrons. The van der Waals surface area contributed by atoms with Crippen LogP contribution < -0.4 is 10.1 Å². The summed E-state index contributed by atoms with van der Waals surface area (Å²) in [5, 5.41) is 17.0. The Hall–Kier alpha value is -2.99. The fraction of sp³-hybridized carbons (Fsp3) is 0.200. The first-order chi connectivity index (χ1) is 13.0. The van der Waals surface area contributed by atoms with Crippen LogP contribution in [0.4, 0.5) is 0 Å². The zero-order chi connectivity index (χ0) is 19.4. The highest BCUT2D eigenvalue weighted by atomic mass is 35.5. The summed E-state index contributed by atoms with van der Waals surface area (Å²) in [4.78, 5) is 12.3. The number of hydrogen-bond donors (Lipinski definition) is 2. The van der Waals surface area contributed by atoms with E-state index >= 15 is 0 Å². The standard InChI is InChI=1S/C20H20ClN3O3/c1-13(23-20(26)9-14-6-7-19(25)18(21)8-14)15-11-22-24(12-15)16-4-3-5-17(10-16)27-2/h3-8,10-13,25H,9H2,1-2H3,(H,23,26). The van der Waals surface area contributed by atoms with E-state index in [1.165, 1.54) is 6.07 Å². The number of rotatable bonds is 6. The molecule has 2 aromatic carbocycles. The van der Waals surface area contributed by atoms with Gasteiger partial charge in [-0.25, -0.2) is 4.68 Å². The lowest BCUT2D eigenvalue weighted by Gasteiger charge is -2.12. The molecule has 0 aliphatic heterocycles. The first kappa shape index (κ1) is 18.8. The van der Waals surface area contributed by atoms with Gasteiger partial charge in [0.1, 0.15) is 11.5 Å². The lowest BCUT2D eigenvalue weighted by Crippen LogP contribution is -2.27. The third-order valence-corrected chi connectivity index (χ3v) is 4.48. The van der Waals surface area contributed by atoms with Crippen LogP contribution in [0.1, 0.15) is 24.1 Å². The fourth-order valence-electron chi connectivity index (χ4n) is 2.68. The zero-order valence-electron chi connectivity index (χ0n) is 15.0. The molecule has 3 aromatic rings. The number of carbonyl (C=O) groups is 1. The molecule has 3 rings (SSSR count). The third-order valence-electron chi connectivity index (χ3n) is 4.17. The van der Waals surface area contributed by atoms with Gasteiger partial charge in [-0.2, -0.15) is 5.10 Å². The topological polar surface area (TPSA) is 76.4 Å². The average Bonchev–Trinajstić information content (AvgIpc) is 3.15. The van der Waals surface area contributed by atoms with Gasteiger partial charge in [-0.1, -0.05) is 23.7 Å². The number of phenolic OH excluding ortho intramolecular Hbond substituents is 1. The molecule has 0 saturated heterocycles. The van der Waals surface area contributed by atoms with Crippen LogP contribution >= 0.6 is 11.6 Å². The van der Waals surface area contributed by atoms with Gasteiger partial charge in [0.2, 0.25) is 5.91 Å². The smallest absolute Gasteiger partial charge is 0.224 e. The molecule has 1 aromatic heterocycles. The van der Waals surface area contributed by atoms with Crippen LogP contribution in [-0.4, -0.2) is 27.9 Å². The van der Waals surface area contributed by atoms with Crippen molar-refractivity contribution in [2.24, 2.45) is 0 Å². The van der Waals surface area contributed by atoms with Gasteiger partial charge in [0.15, 0.2) is 0 Å². The molecule has 7 heteroatoms. The summed E-state index contributed by atoms with van der Waals surface area (Å²) in [6.45, 7) is 1.90. The van der Waals surface area contributed by atoms with Gasteiger partial charge in [-0.15, -0.1) is 0 Å². The number of benzene rings is 2. The Bertz CT molecular complexity index is 955. The molecule has 6 nitrogen and oxygen atoms in total. The number of nitrogens with zero attached hydrogens (tertiary/aromatic N) is 2. The van der Waals surface area contributed by atoms with Crippen LogP contribution in [0, 0.1) is 0 Å². The number of carbonyl (C=O) groups excluding carboxylic acids is 1. The Morgan fingerprint density at radius 2 is 2.15 bits per heavy atom. The van der Waals surface area contributed by atoms with Gasteiger partial charge in [0, 0.05) is 17.8 Å². The second-order valence-electron chi connectivity index (χ2n) is 6.17. The van der Waals surface area contributed by atoms with Crippen molar-refractivity contribution < 1.29 is 14.6 Å². The number of methoxy groups -OCH3 is 1. The van der Waals surface area contributed by atoms with Crippen molar-refractivity contribution >= 4 is 17.5 Å². The molecule has 1 atom stereocenters. The highest BCUT2D eigenvalue weighted by Gasteiger charge is 2.13. The second-order valence-corrected chi connectivity index (χ2v) is 6.58. The molecule has 0 aliphatic rings. The molecular formula is C20H20ClN3O3. The number of halogens is 1. The molecule has 1 unspecified atom stereocenters. The summed E-state index contributed by atoms with van der Waals surface area (Å²) < 4.78 is 6.97. The second kappa shape index (κ2) is 8.14. The van der Waals surface area contributed by atoms with Crippen molar-refractivity contribution in [3.05, 3.63) is 71.0 Å². The summed E-state index contributed by atoms with van der Waals surface area (Å²) in [6.07, 6.45) is 3.77. The van der Waals surface area contributed by atoms with Crippen LogP contribution in [0.3, 0.4) is 0 Å². The molecule has 27 heavy (non-hydrogen) atoms. The van der Waals surface area contributed by atoms with Crippen molar-refractivity contribution in [2.75, 3.05) is 7.11 Å². The largest absolute Gasteiger partial charge is 0.506 e. The summed E-state index contributed by atoms with van der Waals surface area (Å²) in [7, 11) is 1.62.